The lowest BCUT2D eigenvalue weighted by molar-refractivity contribution is 0.176. The quantitative estimate of drug-likeness (QED) is 0.547. The number of rotatable bonds is 7. The van der Waals surface area contributed by atoms with Crippen LogP contribution in [0.5, 0.6) is 5.75 Å². The fraction of sp³-hybridized carbons (Fsp3) is 0.333. The van der Waals surface area contributed by atoms with Crippen molar-refractivity contribution >= 4 is 21.4 Å². The van der Waals surface area contributed by atoms with Gasteiger partial charge in [0, 0.05) is 23.2 Å². The number of methoxy groups -OCH3 is 1. The Morgan fingerprint density at radius 1 is 1.10 bits per heavy atom. The highest BCUT2D eigenvalue weighted by Gasteiger charge is 2.33. The van der Waals surface area contributed by atoms with Gasteiger partial charge in [-0.25, -0.2) is 8.42 Å². The summed E-state index contributed by atoms with van der Waals surface area (Å²) >= 11 is 5.93. The van der Waals surface area contributed by atoms with E-state index in [1.165, 1.54) is 0 Å². The van der Waals surface area contributed by atoms with Crippen LogP contribution in [0.15, 0.2) is 52.9 Å². The van der Waals surface area contributed by atoms with E-state index in [0.29, 0.717) is 36.3 Å². The van der Waals surface area contributed by atoms with Gasteiger partial charge in [-0.15, -0.1) is 10.2 Å². The highest BCUT2D eigenvalue weighted by Crippen LogP contribution is 2.25. The molecule has 0 N–H and O–H groups in total. The molecule has 158 valence electrons. The zero-order valence-corrected chi connectivity index (χ0v) is 18.1. The lowest BCUT2D eigenvalue weighted by Gasteiger charge is -2.26. The van der Waals surface area contributed by atoms with E-state index in [4.69, 9.17) is 20.8 Å². The summed E-state index contributed by atoms with van der Waals surface area (Å²) < 4.78 is 35.2. The van der Waals surface area contributed by atoms with Crippen LogP contribution >= 0.6 is 11.6 Å². The molecular formula is C21H22ClN3O4S. The van der Waals surface area contributed by atoms with E-state index in [1.54, 1.807) is 19.2 Å². The van der Waals surface area contributed by atoms with Crippen molar-refractivity contribution in [1.82, 2.24) is 15.1 Å². The molecule has 1 saturated heterocycles. The smallest absolute Gasteiger partial charge is 0.247 e. The zero-order valence-electron chi connectivity index (χ0n) is 16.5. The van der Waals surface area contributed by atoms with Crippen molar-refractivity contribution in [2.75, 3.05) is 18.6 Å². The number of aromatic nitrogens is 2. The predicted molar refractivity (Wildman–Crippen MR) is 114 cm³/mol. The number of nitrogens with zero attached hydrogens (tertiary/aromatic N) is 3. The molecule has 3 aromatic rings. The number of sulfone groups is 1. The summed E-state index contributed by atoms with van der Waals surface area (Å²) in [4.78, 5) is 2.09. The molecule has 0 radical (unpaired) electrons. The number of hydrogen-bond donors (Lipinski definition) is 0. The van der Waals surface area contributed by atoms with E-state index in [2.05, 4.69) is 15.1 Å². The average molecular weight is 448 g/mol. The van der Waals surface area contributed by atoms with E-state index in [9.17, 15) is 8.42 Å². The highest BCUT2D eigenvalue weighted by atomic mass is 35.5. The maximum absolute atomic E-state index is 12.0. The molecule has 0 aliphatic carbocycles. The van der Waals surface area contributed by atoms with Crippen molar-refractivity contribution in [3.63, 3.8) is 0 Å². The van der Waals surface area contributed by atoms with E-state index in [1.807, 2.05) is 36.4 Å². The molecule has 1 aromatic heterocycles. The van der Waals surface area contributed by atoms with E-state index >= 15 is 0 Å². The van der Waals surface area contributed by atoms with Gasteiger partial charge in [0.15, 0.2) is 9.84 Å². The Balaban J connectivity index is 1.54. The second kappa shape index (κ2) is 8.75. The summed E-state index contributed by atoms with van der Waals surface area (Å²) in [5.41, 5.74) is 1.83. The third-order valence-corrected chi connectivity index (χ3v) is 7.17. The lowest BCUT2D eigenvalue weighted by Crippen LogP contribution is -2.35. The van der Waals surface area contributed by atoms with Gasteiger partial charge >= 0.3 is 0 Å². The van der Waals surface area contributed by atoms with Crippen LogP contribution in [-0.2, 0) is 22.9 Å². The SMILES string of the molecule is COc1ccc(CN(Cc2nnc(-c3ccc(Cl)cc3)o2)C2CCS(=O)(=O)C2)cc1. The Morgan fingerprint density at radius 2 is 1.83 bits per heavy atom. The van der Waals surface area contributed by atoms with Gasteiger partial charge in [-0.2, -0.15) is 0 Å². The van der Waals surface area contributed by atoms with Crippen LogP contribution in [0.2, 0.25) is 5.02 Å². The fourth-order valence-corrected chi connectivity index (χ4v) is 5.43. The second-order valence-corrected chi connectivity index (χ2v) is 9.98. The van der Waals surface area contributed by atoms with Crippen molar-refractivity contribution in [2.45, 2.75) is 25.6 Å². The predicted octanol–water partition coefficient (Wildman–Crippen LogP) is 3.59. The molecule has 0 amide bonds. The molecule has 2 aromatic carbocycles. The maximum atomic E-state index is 12.0. The Labute approximate surface area is 180 Å². The standard InChI is InChI=1S/C21H22ClN3O4S/c1-28-19-8-2-15(3-9-19)12-25(18-10-11-30(26,27)14-18)13-20-23-24-21(29-20)16-4-6-17(22)7-5-16/h2-9,18H,10-14H2,1H3. The molecule has 2 heterocycles. The summed E-state index contributed by atoms with van der Waals surface area (Å²) in [6.45, 7) is 0.940. The molecule has 1 aliphatic rings. The first-order valence-corrected chi connectivity index (χ1v) is 11.8. The molecule has 0 saturated carbocycles. The third kappa shape index (κ3) is 5.00. The molecule has 1 fully saturated rings. The van der Waals surface area contributed by atoms with Gasteiger partial charge in [-0.05, 0) is 48.4 Å². The Hall–Kier alpha value is -2.42. The minimum absolute atomic E-state index is 0.0945. The summed E-state index contributed by atoms with van der Waals surface area (Å²) in [5, 5.41) is 8.93. The van der Waals surface area contributed by atoms with Crippen LogP contribution in [-0.4, -0.2) is 48.2 Å². The minimum Gasteiger partial charge on any atom is -0.497 e. The largest absolute Gasteiger partial charge is 0.497 e. The van der Waals surface area contributed by atoms with Gasteiger partial charge in [-0.3, -0.25) is 4.90 Å². The summed E-state index contributed by atoms with van der Waals surface area (Å²) in [6, 6.07) is 14.8. The van der Waals surface area contributed by atoms with E-state index in [-0.39, 0.29) is 17.5 Å². The van der Waals surface area contributed by atoms with Gasteiger partial charge in [-0.1, -0.05) is 23.7 Å². The number of ether oxygens (including phenoxy) is 1. The molecule has 7 nitrogen and oxygen atoms in total. The Morgan fingerprint density at radius 3 is 2.47 bits per heavy atom. The van der Waals surface area contributed by atoms with Gasteiger partial charge in [0.05, 0.1) is 25.2 Å². The van der Waals surface area contributed by atoms with Gasteiger partial charge in [0.25, 0.3) is 0 Å². The van der Waals surface area contributed by atoms with Crippen LogP contribution < -0.4 is 4.74 Å². The number of halogens is 1. The number of hydrogen-bond acceptors (Lipinski definition) is 7. The topological polar surface area (TPSA) is 85.5 Å². The molecule has 1 unspecified atom stereocenters. The monoisotopic (exact) mass is 447 g/mol. The summed E-state index contributed by atoms with van der Waals surface area (Å²) in [5.74, 6) is 1.97. The first-order valence-electron chi connectivity index (χ1n) is 9.57. The Kier molecular flexibility index (Phi) is 6.08. The van der Waals surface area contributed by atoms with Crippen molar-refractivity contribution in [1.29, 1.82) is 0 Å². The zero-order chi connectivity index (χ0) is 21.1. The van der Waals surface area contributed by atoms with Gasteiger partial charge < -0.3 is 9.15 Å². The van der Waals surface area contributed by atoms with Crippen LogP contribution in [0.1, 0.15) is 17.9 Å². The molecule has 1 aliphatic heterocycles. The van der Waals surface area contributed by atoms with Gasteiger partial charge in [0.1, 0.15) is 5.75 Å². The summed E-state index contributed by atoms with van der Waals surface area (Å²) in [6.07, 6.45) is 0.594. The molecule has 0 spiro atoms. The van der Waals surface area contributed by atoms with Crippen molar-refractivity contribution in [2.24, 2.45) is 0 Å². The van der Waals surface area contributed by atoms with Gasteiger partial charge in [0.2, 0.25) is 11.8 Å². The molecular weight excluding hydrogens is 426 g/mol. The lowest BCUT2D eigenvalue weighted by atomic mass is 10.1. The normalized spacial score (nSPS) is 18.0. The van der Waals surface area contributed by atoms with Crippen molar-refractivity contribution in [3.8, 4) is 17.2 Å². The average Bonchev–Trinajstić information content (AvgIpc) is 3.35. The van der Waals surface area contributed by atoms with Crippen LogP contribution in [0.25, 0.3) is 11.5 Å². The first kappa shape index (κ1) is 20.8. The molecule has 1 atom stereocenters. The van der Waals surface area contributed by atoms with Crippen LogP contribution in [0, 0.1) is 0 Å². The van der Waals surface area contributed by atoms with E-state index < -0.39 is 9.84 Å². The second-order valence-electron chi connectivity index (χ2n) is 7.32. The Bertz CT molecular complexity index is 1100. The third-order valence-electron chi connectivity index (χ3n) is 5.17. The highest BCUT2D eigenvalue weighted by molar-refractivity contribution is 7.91. The maximum Gasteiger partial charge on any atom is 0.247 e. The fourth-order valence-electron chi connectivity index (χ4n) is 3.54. The first-order chi connectivity index (χ1) is 14.4. The van der Waals surface area contributed by atoms with Crippen molar-refractivity contribution in [3.05, 3.63) is 65.0 Å². The molecule has 9 heteroatoms. The molecule has 4 rings (SSSR count). The van der Waals surface area contributed by atoms with Crippen LogP contribution in [0.4, 0.5) is 0 Å². The minimum atomic E-state index is -3.02. The van der Waals surface area contributed by atoms with E-state index in [0.717, 1.165) is 16.9 Å². The van der Waals surface area contributed by atoms with Crippen molar-refractivity contribution < 1.29 is 17.6 Å². The number of benzene rings is 2. The molecule has 0 bridgehead atoms. The summed E-state index contributed by atoms with van der Waals surface area (Å²) in [7, 11) is -1.39. The molecule has 30 heavy (non-hydrogen) atoms. The van der Waals surface area contributed by atoms with Crippen LogP contribution in [0.3, 0.4) is 0 Å².